The van der Waals surface area contributed by atoms with E-state index in [-0.39, 0.29) is 23.3 Å². The van der Waals surface area contributed by atoms with Crippen LogP contribution in [-0.4, -0.2) is 35.5 Å². The Hall–Kier alpha value is -0.840. The molecule has 21 heavy (non-hydrogen) atoms. The summed E-state index contributed by atoms with van der Waals surface area (Å²) in [7, 11) is 0. The number of ketones is 1. The van der Waals surface area contributed by atoms with Crippen molar-refractivity contribution < 1.29 is 9.53 Å². The summed E-state index contributed by atoms with van der Waals surface area (Å²) < 4.78 is 5.99. The molecule has 3 atom stereocenters. The third kappa shape index (κ3) is 3.50. The second-order valence-corrected chi connectivity index (χ2v) is 7.33. The fourth-order valence-corrected chi connectivity index (χ4v) is 4.78. The summed E-state index contributed by atoms with van der Waals surface area (Å²) >= 11 is 1.94. The number of carbonyl (C=O) groups is 1. The lowest BCUT2D eigenvalue weighted by atomic mass is 9.80. The summed E-state index contributed by atoms with van der Waals surface area (Å²) in [5.41, 5.74) is 7.26. The first-order valence-electron chi connectivity index (χ1n) is 7.73. The summed E-state index contributed by atoms with van der Waals surface area (Å²) in [6.45, 7) is 0.703. The molecule has 2 aliphatic rings. The number of hydrogen-bond acceptors (Lipinski definition) is 4. The van der Waals surface area contributed by atoms with Gasteiger partial charge in [0.25, 0.3) is 0 Å². The molecule has 2 fully saturated rings. The van der Waals surface area contributed by atoms with E-state index in [2.05, 4.69) is 0 Å². The summed E-state index contributed by atoms with van der Waals surface area (Å²) in [4.78, 5) is 12.7. The minimum absolute atomic E-state index is 0.0459. The van der Waals surface area contributed by atoms with Crippen LogP contribution in [0, 0.1) is 5.92 Å². The van der Waals surface area contributed by atoms with Crippen molar-refractivity contribution >= 4 is 17.5 Å². The maximum absolute atomic E-state index is 12.7. The normalized spacial score (nSPS) is 30.4. The topological polar surface area (TPSA) is 52.3 Å². The summed E-state index contributed by atoms with van der Waals surface area (Å²) in [6.07, 6.45) is 3.41. The van der Waals surface area contributed by atoms with E-state index in [0.29, 0.717) is 13.0 Å². The maximum atomic E-state index is 12.7. The van der Waals surface area contributed by atoms with Gasteiger partial charge in [0, 0.05) is 18.3 Å². The number of nitrogens with two attached hydrogens (primary N) is 1. The number of Topliss-reactive ketones (excluding diaryl/α,β-unsaturated/α-hetero) is 1. The molecule has 2 heterocycles. The zero-order chi connectivity index (χ0) is 14.7. The molecule has 2 saturated heterocycles. The highest BCUT2D eigenvalue weighted by Crippen LogP contribution is 2.40. The Balaban J connectivity index is 1.61. The molecule has 0 aromatic heterocycles. The van der Waals surface area contributed by atoms with Crippen LogP contribution in [-0.2, 0) is 16.0 Å². The van der Waals surface area contributed by atoms with Gasteiger partial charge in [-0.25, -0.2) is 0 Å². The van der Waals surface area contributed by atoms with Gasteiger partial charge in [-0.15, -0.1) is 0 Å². The van der Waals surface area contributed by atoms with E-state index < -0.39 is 0 Å². The lowest BCUT2D eigenvalue weighted by Crippen LogP contribution is -2.46. The highest BCUT2D eigenvalue weighted by molar-refractivity contribution is 7.99. The SMILES string of the molecule is NC(Cc1ccccc1)C(=O)C1CCOC2(CCSC2)C1. The van der Waals surface area contributed by atoms with Gasteiger partial charge in [0.1, 0.15) is 0 Å². The van der Waals surface area contributed by atoms with Crippen molar-refractivity contribution in [2.75, 3.05) is 18.1 Å². The van der Waals surface area contributed by atoms with Crippen molar-refractivity contribution in [1.29, 1.82) is 0 Å². The number of ether oxygens (including phenoxy) is 1. The number of hydrogen-bond donors (Lipinski definition) is 1. The maximum Gasteiger partial charge on any atom is 0.153 e. The molecule has 0 amide bonds. The Morgan fingerprint density at radius 3 is 2.95 bits per heavy atom. The lowest BCUT2D eigenvalue weighted by molar-refractivity contribution is -0.135. The third-order valence-corrected chi connectivity index (χ3v) is 5.85. The molecular weight excluding hydrogens is 282 g/mol. The monoisotopic (exact) mass is 305 g/mol. The molecule has 4 heteroatoms. The highest BCUT2D eigenvalue weighted by atomic mass is 32.2. The van der Waals surface area contributed by atoms with E-state index in [1.54, 1.807) is 0 Å². The Labute approximate surface area is 130 Å². The minimum atomic E-state index is -0.387. The fourth-order valence-electron chi connectivity index (χ4n) is 3.41. The van der Waals surface area contributed by atoms with E-state index in [1.807, 2.05) is 42.1 Å². The van der Waals surface area contributed by atoms with Crippen molar-refractivity contribution in [2.24, 2.45) is 11.7 Å². The number of rotatable bonds is 4. The van der Waals surface area contributed by atoms with Crippen LogP contribution < -0.4 is 5.73 Å². The van der Waals surface area contributed by atoms with E-state index in [4.69, 9.17) is 10.5 Å². The molecular formula is C17H23NO2S. The number of thioether (sulfide) groups is 1. The highest BCUT2D eigenvalue weighted by Gasteiger charge is 2.43. The van der Waals surface area contributed by atoms with Crippen molar-refractivity contribution in [3.8, 4) is 0 Å². The Morgan fingerprint density at radius 2 is 2.24 bits per heavy atom. The summed E-state index contributed by atoms with van der Waals surface area (Å²) in [6, 6.07) is 9.65. The molecule has 1 aromatic carbocycles. The molecule has 1 aromatic rings. The van der Waals surface area contributed by atoms with Crippen LogP contribution in [0.1, 0.15) is 24.8 Å². The van der Waals surface area contributed by atoms with Crippen molar-refractivity contribution in [1.82, 2.24) is 0 Å². The van der Waals surface area contributed by atoms with Crippen LogP contribution in [0.2, 0.25) is 0 Å². The molecule has 0 bridgehead atoms. The van der Waals surface area contributed by atoms with E-state index in [9.17, 15) is 4.79 Å². The molecule has 0 aliphatic carbocycles. The van der Waals surface area contributed by atoms with Crippen LogP contribution in [0.15, 0.2) is 30.3 Å². The molecule has 3 unspecified atom stereocenters. The van der Waals surface area contributed by atoms with Gasteiger partial charge in [-0.1, -0.05) is 30.3 Å². The lowest BCUT2D eigenvalue weighted by Gasteiger charge is -2.37. The zero-order valence-corrected chi connectivity index (χ0v) is 13.1. The van der Waals surface area contributed by atoms with Crippen LogP contribution in [0.5, 0.6) is 0 Å². The molecule has 2 N–H and O–H groups in total. The van der Waals surface area contributed by atoms with Crippen molar-refractivity contribution in [2.45, 2.75) is 37.3 Å². The van der Waals surface area contributed by atoms with Gasteiger partial charge < -0.3 is 10.5 Å². The average molecular weight is 305 g/mol. The van der Waals surface area contributed by atoms with Crippen molar-refractivity contribution in [3.63, 3.8) is 0 Å². The fraction of sp³-hybridized carbons (Fsp3) is 0.588. The largest absolute Gasteiger partial charge is 0.374 e. The molecule has 0 saturated carbocycles. The Morgan fingerprint density at radius 1 is 1.43 bits per heavy atom. The summed E-state index contributed by atoms with van der Waals surface area (Å²) in [5, 5.41) is 0. The van der Waals surface area contributed by atoms with Gasteiger partial charge in [0.05, 0.1) is 11.6 Å². The second-order valence-electron chi connectivity index (χ2n) is 6.22. The second kappa shape index (κ2) is 6.51. The predicted molar refractivity (Wildman–Crippen MR) is 86.5 cm³/mol. The average Bonchev–Trinajstić information content (AvgIpc) is 2.95. The number of carbonyl (C=O) groups excluding carboxylic acids is 1. The quantitative estimate of drug-likeness (QED) is 0.928. The van der Waals surface area contributed by atoms with Crippen LogP contribution in [0.3, 0.4) is 0 Å². The molecule has 3 nitrogen and oxygen atoms in total. The standard InChI is InChI=1S/C17H23NO2S/c18-15(10-13-4-2-1-3-5-13)16(19)14-6-8-20-17(11-14)7-9-21-12-17/h1-5,14-15H,6-12,18H2. The first-order valence-corrected chi connectivity index (χ1v) is 8.89. The van der Waals surface area contributed by atoms with Gasteiger partial charge in [-0.3, -0.25) is 4.79 Å². The first-order chi connectivity index (χ1) is 10.2. The van der Waals surface area contributed by atoms with E-state index >= 15 is 0 Å². The molecule has 1 spiro atoms. The van der Waals surface area contributed by atoms with Gasteiger partial charge in [0.2, 0.25) is 0 Å². The van der Waals surface area contributed by atoms with Gasteiger partial charge >= 0.3 is 0 Å². The van der Waals surface area contributed by atoms with Crippen LogP contribution in [0.4, 0.5) is 0 Å². The third-order valence-electron chi connectivity index (χ3n) is 4.63. The zero-order valence-electron chi connectivity index (χ0n) is 12.3. The van der Waals surface area contributed by atoms with E-state index in [1.165, 1.54) is 0 Å². The van der Waals surface area contributed by atoms with Gasteiger partial charge in [-0.05, 0) is 37.0 Å². The van der Waals surface area contributed by atoms with Gasteiger partial charge in [-0.2, -0.15) is 11.8 Å². The molecule has 2 aliphatic heterocycles. The van der Waals surface area contributed by atoms with Gasteiger partial charge in [0.15, 0.2) is 5.78 Å². The van der Waals surface area contributed by atoms with Crippen LogP contribution >= 0.6 is 11.8 Å². The number of benzene rings is 1. The molecule has 0 radical (unpaired) electrons. The minimum Gasteiger partial charge on any atom is -0.374 e. The molecule has 114 valence electrons. The van der Waals surface area contributed by atoms with Crippen LogP contribution in [0.25, 0.3) is 0 Å². The molecule has 3 rings (SSSR count). The van der Waals surface area contributed by atoms with Crippen molar-refractivity contribution in [3.05, 3.63) is 35.9 Å². The smallest absolute Gasteiger partial charge is 0.153 e. The van der Waals surface area contributed by atoms with E-state index in [0.717, 1.165) is 36.3 Å². The Kier molecular flexibility index (Phi) is 4.67. The summed E-state index contributed by atoms with van der Waals surface area (Å²) in [5.74, 6) is 2.48. The Bertz CT molecular complexity index is 485. The predicted octanol–water partition coefficient (Wildman–Crippen LogP) is 2.43. The first kappa shape index (κ1) is 15.1.